The van der Waals surface area contributed by atoms with Crippen molar-refractivity contribution in [1.82, 2.24) is 10.6 Å². The van der Waals surface area contributed by atoms with Gasteiger partial charge in [0.2, 0.25) is 0 Å². The maximum atomic E-state index is 10.9. The number of imide groups is 1. The van der Waals surface area contributed by atoms with Gasteiger partial charge < -0.3 is 0 Å². The van der Waals surface area contributed by atoms with Crippen LogP contribution in [-0.2, 0) is 28.1 Å². The first-order valence-corrected chi connectivity index (χ1v) is 14.7. The van der Waals surface area contributed by atoms with Gasteiger partial charge in [0, 0.05) is 0 Å². The molecule has 0 fully saturated rings. The van der Waals surface area contributed by atoms with Crippen LogP contribution in [0.25, 0.3) is 0 Å². The Balaban J connectivity index is 3.67. The standard InChI is InChI=1S/C6H12N3O3.ClH.Hg/c1-4(12-2)3-8-6(11)9-5(7)10;;/h4H,1,3H2,2H3,(H4,7,8,9,10,11);1H;/q;;+1/p-1. The second-order valence-electron chi connectivity index (χ2n) is 2.53. The quantitative estimate of drug-likeness (QED) is 0.559. The Morgan fingerprint density at radius 2 is 2.29 bits per heavy atom. The Kier molecular flexibility index (Phi) is 8.21. The Morgan fingerprint density at radius 1 is 1.64 bits per heavy atom. The summed E-state index contributed by atoms with van der Waals surface area (Å²) in [5.74, 6) is 0. The molecule has 8 heteroatoms. The van der Waals surface area contributed by atoms with Crippen molar-refractivity contribution in [3.8, 4) is 0 Å². The fraction of sp³-hybridized carbons (Fsp3) is 0.667. The molecule has 4 amide bonds. The molecule has 4 N–H and O–H groups in total. The van der Waals surface area contributed by atoms with Gasteiger partial charge in [0.05, 0.1) is 0 Å². The summed E-state index contributed by atoms with van der Waals surface area (Å²) < 4.78 is 5.90. The molecular formula is C6H12ClHgN3O3. The SMILES string of the molecule is COC(CNC(=O)NC(N)=O)[CH2][Hg][Cl]. The fourth-order valence-electron chi connectivity index (χ4n) is 0.788. The van der Waals surface area contributed by atoms with E-state index in [1.807, 2.05) is 5.32 Å². The minimum atomic E-state index is -1.27. The van der Waals surface area contributed by atoms with E-state index < -0.39 is 35.4 Å². The van der Waals surface area contributed by atoms with E-state index in [1.165, 1.54) is 0 Å². The molecule has 0 aromatic carbocycles. The predicted molar refractivity (Wildman–Crippen MR) is 47.6 cm³/mol. The number of methoxy groups -OCH3 is 1. The molecule has 1 unspecified atom stereocenters. The molecule has 0 saturated carbocycles. The van der Waals surface area contributed by atoms with Crippen molar-refractivity contribution in [2.24, 2.45) is 5.73 Å². The summed E-state index contributed by atoms with van der Waals surface area (Å²) in [7, 11) is 7.27. The molecule has 0 heterocycles. The molecule has 78 valence electrons. The predicted octanol–water partition coefficient (Wildman–Crippen LogP) is 0.0339. The Morgan fingerprint density at radius 3 is 2.71 bits per heavy atom. The molecule has 0 aliphatic rings. The monoisotopic (exact) mass is 411 g/mol. The van der Waals surface area contributed by atoms with Crippen molar-refractivity contribution in [1.29, 1.82) is 0 Å². The van der Waals surface area contributed by atoms with E-state index >= 15 is 0 Å². The van der Waals surface area contributed by atoms with Crippen LogP contribution < -0.4 is 16.4 Å². The van der Waals surface area contributed by atoms with Crippen LogP contribution in [0, 0.1) is 0 Å². The first kappa shape index (κ1) is 13.9. The second-order valence-corrected chi connectivity index (χ2v) is 9.57. The molecule has 6 nitrogen and oxygen atoms in total. The zero-order valence-electron chi connectivity index (χ0n) is 7.88. The summed E-state index contributed by atoms with van der Waals surface area (Å²) >= 11 is -1.27. The number of ether oxygens (including phenoxy) is 1. The third kappa shape index (κ3) is 7.34. The van der Waals surface area contributed by atoms with Crippen molar-refractivity contribution in [3.63, 3.8) is 0 Å². The molecule has 0 aliphatic carbocycles. The number of carbonyl (C=O) groups is 2. The molecule has 0 aromatic rings. The van der Waals surface area contributed by atoms with Crippen LogP contribution in [0.5, 0.6) is 0 Å². The Hall–Kier alpha value is -0.0749. The average molecular weight is 410 g/mol. The first-order chi connectivity index (χ1) is 6.60. The molecule has 0 spiro atoms. The van der Waals surface area contributed by atoms with Gasteiger partial charge in [-0.1, -0.05) is 0 Å². The molecule has 0 bridgehead atoms. The summed E-state index contributed by atoms with van der Waals surface area (Å²) in [6.45, 7) is 0.336. The summed E-state index contributed by atoms with van der Waals surface area (Å²) in [5, 5.41) is 4.33. The van der Waals surface area contributed by atoms with Gasteiger partial charge in [-0.2, -0.15) is 0 Å². The van der Waals surface area contributed by atoms with E-state index in [0.29, 0.717) is 6.54 Å². The molecule has 1 atom stereocenters. The van der Waals surface area contributed by atoms with Gasteiger partial charge in [0.25, 0.3) is 0 Å². The molecule has 0 aliphatic heterocycles. The van der Waals surface area contributed by atoms with E-state index in [1.54, 1.807) is 7.11 Å². The average Bonchev–Trinajstić information content (AvgIpc) is 2.11. The van der Waals surface area contributed by atoms with Gasteiger partial charge in [-0.05, 0) is 0 Å². The van der Waals surface area contributed by atoms with Crippen LogP contribution in [0.15, 0.2) is 0 Å². The number of urea groups is 2. The van der Waals surface area contributed by atoms with E-state index in [4.69, 9.17) is 18.7 Å². The zero-order chi connectivity index (χ0) is 11.0. The van der Waals surface area contributed by atoms with Crippen LogP contribution in [0.3, 0.4) is 0 Å². The second kappa shape index (κ2) is 8.25. The van der Waals surface area contributed by atoms with Gasteiger partial charge in [-0.3, -0.25) is 0 Å². The summed E-state index contributed by atoms with van der Waals surface area (Å²) in [4.78, 5) is 21.1. The third-order valence-corrected chi connectivity index (χ3v) is 6.76. The van der Waals surface area contributed by atoms with Gasteiger partial charge in [-0.25, -0.2) is 0 Å². The summed E-state index contributed by atoms with van der Waals surface area (Å²) in [6.07, 6.45) is -0.0622. The van der Waals surface area contributed by atoms with Crippen molar-refractivity contribution >= 4 is 20.3 Å². The molecule has 14 heavy (non-hydrogen) atoms. The van der Waals surface area contributed by atoms with Crippen LogP contribution >= 0.6 is 8.25 Å². The number of hydrogen-bond donors (Lipinski definition) is 3. The number of primary amides is 1. The normalized spacial score (nSPS) is 11.3. The molecule has 0 aromatic heterocycles. The molecule has 0 saturated heterocycles. The summed E-state index contributed by atoms with van der Waals surface area (Å²) in [6, 6.07) is -1.50. The minimum absolute atomic E-state index is 0.0622. The van der Waals surface area contributed by atoms with Crippen molar-refractivity contribution in [2.75, 3.05) is 13.7 Å². The molecule has 0 radical (unpaired) electrons. The van der Waals surface area contributed by atoms with Crippen LogP contribution in [-0.4, -0.2) is 31.8 Å². The third-order valence-electron chi connectivity index (χ3n) is 1.49. The number of nitrogens with one attached hydrogen (secondary N) is 2. The fourth-order valence-corrected chi connectivity index (χ4v) is 5.58. The van der Waals surface area contributed by atoms with Gasteiger partial charge in [0.1, 0.15) is 0 Å². The van der Waals surface area contributed by atoms with E-state index in [2.05, 4.69) is 5.32 Å². The topological polar surface area (TPSA) is 93.4 Å². The summed E-state index contributed by atoms with van der Waals surface area (Å²) in [5.41, 5.74) is 4.74. The van der Waals surface area contributed by atoms with Gasteiger partial charge >= 0.3 is 98.0 Å². The zero-order valence-corrected chi connectivity index (χ0v) is 14.1. The number of nitrogens with two attached hydrogens (primary N) is 1. The molecular weight excluding hydrogens is 398 g/mol. The number of amides is 4. The van der Waals surface area contributed by atoms with Gasteiger partial charge in [-0.15, -0.1) is 0 Å². The number of rotatable bonds is 5. The van der Waals surface area contributed by atoms with Crippen LogP contribution in [0.1, 0.15) is 0 Å². The Labute approximate surface area is 97.7 Å². The molecule has 0 rings (SSSR count). The van der Waals surface area contributed by atoms with E-state index in [9.17, 15) is 9.59 Å². The maximum absolute atomic E-state index is 10.9. The Bertz CT molecular complexity index is 205. The van der Waals surface area contributed by atoms with E-state index in [0.717, 1.165) is 3.93 Å². The van der Waals surface area contributed by atoms with Crippen molar-refractivity contribution in [3.05, 3.63) is 0 Å². The van der Waals surface area contributed by atoms with Gasteiger partial charge in [0.15, 0.2) is 0 Å². The van der Waals surface area contributed by atoms with Crippen molar-refractivity contribution < 1.29 is 37.7 Å². The number of carbonyl (C=O) groups excluding carboxylic acids is 2. The van der Waals surface area contributed by atoms with Crippen molar-refractivity contribution in [2.45, 2.75) is 10.0 Å². The number of halogens is 1. The van der Waals surface area contributed by atoms with E-state index in [-0.39, 0.29) is 6.10 Å². The number of hydrogen-bond acceptors (Lipinski definition) is 3. The van der Waals surface area contributed by atoms with Crippen LogP contribution in [0.4, 0.5) is 9.59 Å². The van der Waals surface area contributed by atoms with Crippen LogP contribution in [0.2, 0.25) is 3.93 Å². The first-order valence-electron chi connectivity index (χ1n) is 4.03.